The summed E-state index contributed by atoms with van der Waals surface area (Å²) in [5.41, 5.74) is 7.69. The first-order chi connectivity index (χ1) is 7.24. The lowest BCUT2D eigenvalue weighted by atomic mass is 10.1. The summed E-state index contributed by atoms with van der Waals surface area (Å²) in [6, 6.07) is 7.94. The molecule has 0 fully saturated rings. The fraction of sp³-hybridized carbons (Fsp3) is 0.200. The van der Waals surface area contributed by atoms with Crippen LogP contribution in [0.2, 0.25) is 0 Å². The van der Waals surface area contributed by atoms with Crippen LogP contribution in [0.1, 0.15) is 12.5 Å². The van der Waals surface area contributed by atoms with Gasteiger partial charge in [-0.15, -0.1) is 10.2 Å². The van der Waals surface area contributed by atoms with E-state index < -0.39 is 0 Å². The van der Waals surface area contributed by atoms with Crippen molar-refractivity contribution >= 4 is 5.95 Å². The van der Waals surface area contributed by atoms with E-state index in [0.29, 0.717) is 5.82 Å². The van der Waals surface area contributed by atoms with Crippen LogP contribution in [-0.4, -0.2) is 14.9 Å². The van der Waals surface area contributed by atoms with Crippen molar-refractivity contribution in [3.05, 3.63) is 29.8 Å². The molecule has 2 aromatic rings. The van der Waals surface area contributed by atoms with Gasteiger partial charge >= 0.3 is 0 Å². The highest BCUT2D eigenvalue weighted by Crippen LogP contribution is 2.21. The molecular weight excluding hydrogens is 190 g/mol. The third-order valence-corrected chi connectivity index (χ3v) is 2.36. The van der Waals surface area contributed by atoms with Crippen LogP contribution in [0.5, 0.6) is 0 Å². The first-order valence-electron chi connectivity index (χ1n) is 4.78. The standard InChI is InChI=1S/C10H13N5/c1-2-7-5-3-4-6-8(7)9-13-14-10(11)15(9)12/h3-6H,2,12H2,1H3,(H2,11,14). The van der Waals surface area contributed by atoms with Gasteiger partial charge in [0.2, 0.25) is 5.95 Å². The Morgan fingerprint density at radius 2 is 2.00 bits per heavy atom. The van der Waals surface area contributed by atoms with Gasteiger partial charge in [-0.25, -0.2) is 4.68 Å². The Morgan fingerprint density at radius 3 is 2.60 bits per heavy atom. The van der Waals surface area contributed by atoms with E-state index in [1.54, 1.807) is 0 Å². The molecular formula is C10H13N5. The monoisotopic (exact) mass is 203 g/mol. The van der Waals surface area contributed by atoms with Gasteiger partial charge in [0.1, 0.15) is 0 Å². The SMILES string of the molecule is CCc1ccccc1-c1nnc(N)n1N. The van der Waals surface area contributed by atoms with Gasteiger partial charge in [-0.2, -0.15) is 0 Å². The average Bonchev–Trinajstić information content (AvgIpc) is 2.60. The molecule has 0 aliphatic rings. The summed E-state index contributed by atoms with van der Waals surface area (Å²) in [5.74, 6) is 6.55. The van der Waals surface area contributed by atoms with E-state index in [1.165, 1.54) is 10.2 Å². The van der Waals surface area contributed by atoms with E-state index in [0.717, 1.165) is 12.0 Å². The number of benzene rings is 1. The van der Waals surface area contributed by atoms with E-state index in [1.807, 2.05) is 24.3 Å². The number of nitrogens with two attached hydrogens (primary N) is 2. The fourth-order valence-electron chi connectivity index (χ4n) is 1.53. The number of aromatic nitrogens is 3. The summed E-state index contributed by atoms with van der Waals surface area (Å²) in [6.45, 7) is 2.08. The zero-order chi connectivity index (χ0) is 10.8. The molecule has 0 aliphatic carbocycles. The fourth-order valence-corrected chi connectivity index (χ4v) is 1.53. The van der Waals surface area contributed by atoms with Crippen LogP contribution in [0.3, 0.4) is 0 Å². The van der Waals surface area contributed by atoms with Crippen LogP contribution in [0.15, 0.2) is 24.3 Å². The molecule has 5 heteroatoms. The largest absolute Gasteiger partial charge is 0.366 e. The first-order valence-corrected chi connectivity index (χ1v) is 4.78. The van der Waals surface area contributed by atoms with Gasteiger partial charge in [-0.1, -0.05) is 31.2 Å². The quantitative estimate of drug-likeness (QED) is 0.707. The van der Waals surface area contributed by atoms with Crippen molar-refractivity contribution in [1.82, 2.24) is 14.9 Å². The molecule has 0 radical (unpaired) electrons. The van der Waals surface area contributed by atoms with Crippen molar-refractivity contribution in [2.75, 3.05) is 11.6 Å². The summed E-state index contributed by atoms with van der Waals surface area (Å²) >= 11 is 0. The molecule has 1 aromatic heterocycles. The number of hydrogen-bond acceptors (Lipinski definition) is 4. The third-order valence-electron chi connectivity index (χ3n) is 2.36. The summed E-state index contributed by atoms with van der Waals surface area (Å²) in [7, 11) is 0. The Balaban J connectivity index is 2.58. The van der Waals surface area contributed by atoms with Crippen molar-refractivity contribution in [1.29, 1.82) is 0 Å². The topological polar surface area (TPSA) is 82.8 Å². The van der Waals surface area contributed by atoms with Crippen molar-refractivity contribution in [2.45, 2.75) is 13.3 Å². The second-order valence-electron chi connectivity index (χ2n) is 3.26. The van der Waals surface area contributed by atoms with E-state index >= 15 is 0 Å². The zero-order valence-corrected chi connectivity index (χ0v) is 8.51. The second kappa shape index (κ2) is 3.61. The summed E-state index contributed by atoms with van der Waals surface area (Å²) in [6.07, 6.45) is 0.920. The molecule has 0 aliphatic heterocycles. The van der Waals surface area contributed by atoms with Gasteiger partial charge in [0, 0.05) is 5.56 Å². The predicted octanol–water partition coefficient (Wildman–Crippen LogP) is 0.804. The number of hydrogen-bond donors (Lipinski definition) is 2. The van der Waals surface area contributed by atoms with Crippen LogP contribution in [0, 0.1) is 0 Å². The van der Waals surface area contributed by atoms with Crippen LogP contribution < -0.4 is 11.6 Å². The normalized spacial score (nSPS) is 10.5. The minimum Gasteiger partial charge on any atom is -0.366 e. The van der Waals surface area contributed by atoms with Gasteiger partial charge < -0.3 is 11.6 Å². The molecule has 4 N–H and O–H groups in total. The van der Waals surface area contributed by atoms with Crippen LogP contribution in [0.25, 0.3) is 11.4 Å². The molecule has 0 atom stereocenters. The van der Waals surface area contributed by atoms with Crippen molar-refractivity contribution < 1.29 is 0 Å². The summed E-state index contributed by atoms with van der Waals surface area (Å²) < 4.78 is 1.30. The molecule has 0 amide bonds. The van der Waals surface area contributed by atoms with E-state index in [4.69, 9.17) is 11.6 Å². The van der Waals surface area contributed by atoms with Gasteiger partial charge in [-0.3, -0.25) is 0 Å². The maximum Gasteiger partial charge on any atom is 0.241 e. The average molecular weight is 203 g/mol. The minimum absolute atomic E-state index is 0.218. The Labute approximate surface area is 87.7 Å². The van der Waals surface area contributed by atoms with Gasteiger partial charge in [0.15, 0.2) is 5.82 Å². The van der Waals surface area contributed by atoms with Crippen LogP contribution in [0.4, 0.5) is 5.95 Å². The molecule has 5 nitrogen and oxygen atoms in total. The molecule has 15 heavy (non-hydrogen) atoms. The van der Waals surface area contributed by atoms with Gasteiger partial charge in [0.05, 0.1) is 0 Å². The highest BCUT2D eigenvalue weighted by Gasteiger charge is 2.11. The van der Waals surface area contributed by atoms with Crippen molar-refractivity contribution in [3.63, 3.8) is 0 Å². The molecule has 0 saturated carbocycles. The second-order valence-corrected chi connectivity index (χ2v) is 3.26. The van der Waals surface area contributed by atoms with Gasteiger partial charge in [-0.05, 0) is 12.0 Å². The smallest absolute Gasteiger partial charge is 0.241 e. The Kier molecular flexibility index (Phi) is 2.29. The maximum atomic E-state index is 5.72. The van der Waals surface area contributed by atoms with Crippen molar-refractivity contribution in [2.24, 2.45) is 0 Å². The van der Waals surface area contributed by atoms with Crippen molar-refractivity contribution in [3.8, 4) is 11.4 Å². The molecule has 2 rings (SSSR count). The van der Waals surface area contributed by atoms with Gasteiger partial charge in [0.25, 0.3) is 0 Å². The molecule has 0 spiro atoms. The highest BCUT2D eigenvalue weighted by molar-refractivity contribution is 5.61. The lowest BCUT2D eigenvalue weighted by Gasteiger charge is -2.06. The number of rotatable bonds is 2. The number of nitrogen functional groups attached to an aromatic ring is 2. The Morgan fingerprint density at radius 1 is 1.27 bits per heavy atom. The zero-order valence-electron chi connectivity index (χ0n) is 8.51. The summed E-state index contributed by atoms with van der Waals surface area (Å²) in [5, 5.41) is 7.69. The van der Waals surface area contributed by atoms with Crippen LogP contribution in [-0.2, 0) is 6.42 Å². The van der Waals surface area contributed by atoms with E-state index in [-0.39, 0.29) is 5.95 Å². The summed E-state index contributed by atoms with van der Waals surface area (Å²) in [4.78, 5) is 0. The maximum absolute atomic E-state index is 5.72. The molecule has 78 valence electrons. The van der Waals surface area contributed by atoms with Crippen LogP contribution >= 0.6 is 0 Å². The lowest BCUT2D eigenvalue weighted by molar-refractivity contribution is 1.01. The van der Waals surface area contributed by atoms with E-state index in [9.17, 15) is 0 Å². The number of aryl methyl sites for hydroxylation is 1. The minimum atomic E-state index is 0.218. The molecule has 0 saturated heterocycles. The molecule has 1 heterocycles. The first kappa shape index (κ1) is 9.51. The number of nitrogens with zero attached hydrogens (tertiary/aromatic N) is 3. The lowest BCUT2D eigenvalue weighted by Crippen LogP contribution is -2.13. The third kappa shape index (κ3) is 1.52. The van der Waals surface area contributed by atoms with E-state index in [2.05, 4.69) is 17.1 Å². The highest BCUT2D eigenvalue weighted by atomic mass is 15.4. The molecule has 0 bridgehead atoms. The molecule has 0 unspecified atom stereocenters. The Bertz CT molecular complexity index is 474. The molecule has 1 aromatic carbocycles. The number of anilines is 1. The predicted molar refractivity (Wildman–Crippen MR) is 59.4 cm³/mol. The Hall–Kier alpha value is -2.04.